The summed E-state index contributed by atoms with van der Waals surface area (Å²) in [5.41, 5.74) is 0.802. The molecule has 3 aromatic carbocycles. The van der Waals surface area contributed by atoms with Crippen LogP contribution < -0.4 is 10.6 Å². The van der Waals surface area contributed by atoms with Gasteiger partial charge < -0.3 is 9.67 Å². The maximum atomic E-state index is 14.9. The molecule has 28 heavy (non-hydrogen) atoms. The minimum atomic E-state index is -3.21. The normalized spacial score (nSPS) is 12.8. The number of hydrogen-bond acceptors (Lipinski definition) is 2. The topological polar surface area (TPSA) is 37.3 Å². The van der Waals surface area contributed by atoms with Gasteiger partial charge in [-0.25, -0.2) is 0 Å². The molecule has 0 bridgehead atoms. The molecule has 0 saturated carbocycles. The Morgan fingerprint density at radius 2 is 1.36 bits per heavy atom. The van der Waals surface area contributed by atoms with Gasteiger partial charge in [0.05, 0.1) is 5.60 Å². The molecule has 0 atom stereocenters. The van der Waals surface area contributed by atoms with Crippen LogP contribution in [0.5, 0.6) is 0 Å². The molecule has 0 aliphatic rings. The Balaban J connectivity index is 2.40. The summed E-state index contributed by atoms with van der Waals surface area (Å²) in [4.78, 5) is 0. The summed E-state index contributed by atoms with van der Waals surface area (Å²) in [7, 11) is -3.21. The first-order valence-electron chi connectivity index (χ1n) is 9.17. The molecule has 2 nitrogen and oxygen atoms in total. The van der Waals surface area contributed by atoms with Gasteiger partial charge in [0.25, 0.3) is 0 Å². The number of halogens is 1. The second kappa shape index (κ2) is 8.61. The lowest BCUT2D eigenvalue weighted by atomic mass is 10.0. The molecule has 0 amide bonds. The third-order valence-corrected chi connectivity index (χ3v) is 8.21. The van der Waals surface area contributed by atoms with E-state index >= 15 is 0 Å². The third-order valence-electron chi connectivity index (χ3n) is 4.51. The number of rotatable bonds is 6. The van der Waals surface area contributed by atoms with E-state index in [0.717, 1.165) is 21.7 Å². The van der Waals surface area contributed by atoms with Gasteiger partial charge in [0.15, 0.2) is 7.14 Å². The van der Waals surface area contributed by atoms with Crippen LogP contribution in [0.3, 0.4) is 0 Å². The fraction of sp³-hybridized carbons (Fsp3) is 0.167. The summed E-state index contributed by atoms with van der Waals surface area (Å²) < 4.78 is 14.9. The van der Waals surface area contributed by atoms with E-state index in [1.807, 2.05) is 84.9 Å². The van der Waals surface area contributed by atoms with Crippen LogP contribution in [-0.2, 0) is 9.90 Å². The molecule has 0 heterocycles. The Bertz CT molecular complexity index is 962. The average molecular weight is 455 g/mol. The summed E-state index contributed by atoms with van der Waals surface area (Å²) in [6, 6.07) is 27.0. The molecule has 3 aromatic rings. The first-order valence-corrected chi connectivity index (χ1v) is 12.0. The van der Waals surface area contributed by atoms with Crippen LogP contribution in [0.4, 0.5) is 0 Å². The van der Waals surface area contributed by atoms with Crippen molar-refractivity contribution >= 4 is 39.0 Å². The van der Waals surface area contributed by atoms with Gasteiger partial charge in [-0.1, -0.05) is 101 Å². The fourth-order valence-corrected chi connectivity index (χ4v) is 6.85. The van der Waals surface area contributed by atoms with Crippen LogP contribution in [-0.4, -0.2) is 10.7 Å². The van der Waals surface area contributed by atoms with E-state index in [4.69, 9.17) is 0 Å². The zero-order valence-electron chi connectivity index (χ0n) is 16.0. The Hall–Kier alpha value is -1.93. The molecular formula is C24H24BrO2P. The lowest BCUT2D eigenvalue weighted by molar-refractivity contribution is 0.134. The number of aliphatic hydroxyl groups is 1. The number of alkyl halides is 1. The van der Waals surface area contributed by atoms with E-state index in [-0.39, 0.29) is 0 Å². The molecule has 4 heteroatoms. The Morgan fingerprint density at radius 1 is 0.893 bits per heavy atom. The molecule has 144 valence electrons. The van der Waals surface area contributed by atoms with Crippen LogP contribution in [0.15, 0.2) is 91.0 Å². The SMILES string of the molecule is CC(C)(O)/C=C(/c1ccccc1CBr)P(=O)(c1ccccc1)c1ccccc1. The predicted octanol–water partition coefficient (Wildman–Crippen LogP) is 5.71. The van der Waals surface area contributed by atoms with Gasteiger partial charge in [0.2, 0.25) is 0 Å². The Kier molecular flexibility index (Phi) is 6.40. The average Bonchev–Trinajstić information content (AvgIpc) is 2.72. The van der Waals surface area contributed by atoms with E-state index in [9.17, 15) is 9.67 Å². The van der Waals surface area contributed by atoms with Crippen LogP contribution in [0.25, 0.3) is 5.31 Å². The van der Waals surface area contributed by atoms with Gasteiger partial charge in [-0.05, 0) is 31.1 Å². The van der Waals surface area contributed by atoms with Crippen LogP contribution in [0, 0.1) is 0 Å². The van der Waals surface area contributed by atoms with Crippen molar-refractivity contribution in [2.24, 2.45) is 0 Å². The number of benzene rings is 3. The maximum Gasteiger partial charge on any atom is 0.171 e. The fourth-order valence-electron chi connectivity index (χ4n) is 3.26. The Morgan fingerprint density at radius 3 is 1.82 bits per heavy atom. The molecule has 0 aliphatic heterocycles. The molecule has 3 rings (SSSR count). The van der Waals surface area contributed by atoms with Crippen molar-refractivity contribution in [3.05, 3.63) is 102 Å². The van der Waals surface area contributed by atoms with Crippen molar-refractivity contribution in [1.29, 1.82) is 0 Å². The first kappa shape index (κ1) is 20.8. The highest BCUT2D eigenvalue weighted by atomic mass is 79.9. The summed E-state index contributed by atoms with van der Waals surface area (Å²) in [6.45, 7) is 3.42. The van der Waals surface area contributed by atoms with Crippen LogP contribution in [0.2, 0.25) is 0 Å². The number of hydrogen-bond donors (Lipinski definition) is 1. The van der Waals surface area contributed by atoms with Gasteiger partial charge in [-0.3, -0.25) is 0 Å². The monoisotopic (exact) mass is 454 g/mol. The molecule has 0 aromatic heterocycles. The third kappa shape index (κ3) is 4.38. The highest BCUT2D eigenvalue weighted by Crippen LogP contribution is 2.57. The summed E-state index contributed by atoms with van der Waals surface area (Å²) in [5.74, 6) is 0. The Labute approximate surface area is 175 Å². The molecule has 0 saturated heterocycles. The summed E-state index contributed by atoms with van der Waals surface area (Å²) >= 11 is 3.56. The molecule has 0 unspecified atom stereocenters. The van der Waals surface area contributed by atoms with E-state index < -0.39 is 12.7 Å². The van der Waals surface area contributed by atoms with Crippen molar-refractivity contribution in [1.82, 2.24) is 0 Å². The van der Waals surface area contributed by atoms with E-state index in [1.165, 1.54) is 0 Å². The van der Waals surface area contributed by atoms with Crippen molar-refractivity contribution in [3.8, 4) is 0 Å². The maximum absolute atomic E-state index is 14.9. The minimum absolute atomic E-state index is 0.635. The second-order valence-electron chi connectivity index (χ2n) is 7.25. The van der Waals surface area contributed by atoms with Gasteiger partial charge in [-0.2, -0.15) is 0 Å². The molecule has 0 spiro atoms. The summed E-state index contributed by atoms with van der Waals surface area (Å²) in [5, 5.41) is 13.5. The van der Waals surface area contributed by atoms with Crippen LogP contribution >= 0.6 is 23.1 Å². The predicted molar refractivity (Wildman–Crippen MR) is 123 cm³/mol. The van der Waals surface area contributed by atoms with Gasteiger partial charge in [0.1, 0.15) is 0 Å². The zero-order chi connectivity index (χ0) is 20.2. The lowest BCUT2D eigenvalue weighted by Gasteiger charge is -2.27. The molecule has 0 aliphatic carbocycles. The van der Waals surface area contributed by atoms with E-state index in [1.54, 1.807) is 19.9 Å². The quantitative estimate of drug-likeness (QED) is 0.382. The molecular weight excluding hydrogens is 431 g/mol. The highest BCUT2D eigenvalue weighted by Gasteiger charge is 2.35. The van der Waals surface area contributed by atoms with Crippen LogP contribution in [0.1, 0.15) is 25.0 Å². The van der Waals surface area contributed by atoms with Gasteiger partial charge in [0, 0.05) is 21.3 Å². The highest BCUT2D eigenvalue weighted by molar-refractivity contribution is 9.08. The van der Waals surface area contributed by atoms with Crippen molar-refractivity contribution in [2.75, 3.05) is 0 Å². The second-order valence-corrected chi connectivity index (χ2v) is 10.5. The largest absolute Gasteiger partial charge is 0.386 e. The molecule has 0 fully saturated rings. The minimum Gasteiger partial charge on any atom is -0.386 e. The first-order chi connectivity index (χ1) is 13.4. The van der Waals surface area contributed by atoms with Crippen molar-refractivity contribution in [2.45, 2.75) is 24.8 Å². The smallest absolute Gasteiger partial charge is 0.171 e. The van der Waals surface area contributed by atoms with Crippen molar-refractivity contribution < 1.29 is 9.67 Å². The van der Waals surface area contributed by atoms with E-state index in [2.05, 4.69) is 15.9 Å². The van der Waals surface area contributed by atoms with Crippen molar-refractivity contribution in [3.63, 3.8) is 0 Å². The lowest BCUT2D eigenvalue weighted by Crippen LogP contribution is -2.21. The van der Waals surface area contributed by atoms with Gasteiger partial charge >= 0.3 is 0 Å². The zero-order valence-corrected chi connectivity index (χ0v) is 18.5. The molecule has 1 N–H and O–H groups in total. The summed E-state index contributed by atoms with van der Waals surface area (Å²) in [6.07, 6.45) is 1.75. The van der Waals surface area contributed by atoms with E-state index in [0.29, 0.717) is 10.6 Å². The standard InChI is InChI=1S/C24H24BrO2P/c1-24(2,26)17-23(22-16-10-9-11-19(22)18-25)28(27,20-12-5-3-6-13-20)21-14-7-4-8-15-21/h3-17,26H,18H2,1-2H3/b23-17-. The molecule has 0 radical (unpaired) electrons. The van der Waals surface area contributed by atoms with Gasteiger partial charge in [-0.15, -0.1) is 0 Å².